The summed E-state index contributed by atoms with van der Waals surface area (Å²) in [5.41, 5.74) is 0.932. The highest BCUT2D eigenvalue weighted by Crippen LogP contribution is 2.18. The Balaban J connectivity index is 1.74. The SMILES string of the molecule is CS(=O)(=O)OC[C@H]1CCN(C(=O)OCc2ccccc2)C1. The largest absolute Gasteiger partial charge is 0.445 e. The molecule has 1 aliphatic heterocycles. The standard InChI is InChI=1S/C14H19NO5S/c1-21(17,18)20-11-13-7-8-15(9-13)14(16)19-10-12-5-3-2-4-6-12/h2-6,13H,7-11H2,1H3/t13-/m0/s1. The molecule has 6 nitrogen and oxygen atoms in total. The summed E-state index contributed by atoms with van der Waals surface area (Å²) < 4.78 is 31.9. The molecule has 0 unspecified atom stereocenters. The molecule has 21 heavy (non-hydrogen) atoms. The molecule has 7 heteroatoms. The second-order valence-corrected chi connectivity index (χ2v) is 6.77. The zero-order valence-electron chi connectivity index (χ0n) is 11.9. The molecule has 1 atom stereocenters. The first kappa shape index (κ1) is 15.8. The van der Waals surface area contributed by atoms with Crippen molar-refractivity contribution in [1.82, 2.24) is 4.90 Å². The second-order valence-electron chi connectivity index (χ2n) is 5.13. The highest BCUT2D eigenvalue weighted by atomic mass is 32.2. The Kier molecular flexibility index (Phi) is 5.19. The summed E-state index contributed by atoms with van der Waals surface area (Å²) in [4.78, 5) is 13.5. The maximum absolute atomic E-state index is 11.9. The number of hydrogen-bond donors (Lipinski definition) is 0. The summed E-state index contributed by atoms with van der Waals surface area (Å²) in [7, 11) is -3.43. The van der Waals surface area contributed by atoms with Crippen LogP contribution in [-0.4, -0.2) is 45.4 Å². The molecule has 0 saturated carbocycles. The van der Waals surface area contributed by atoms with Crippen LogP contribution in [0, 0.1) is 5.92 Å². The van der Waals surface area contributed by atoms with Gasteiger partial charge in [0.05, 0.1) is 12.9 Å². The van der Waals surface area contributed by atoms with Crippen molar-refractivity contribution in [2.75, 3.05) is 26.0 Å². The second kappa shape index (κ2) is 6.91. The summed E-state index contributed by atoms with van der Waals surface area (Å²) >= 11 is 0. The predicted molar refractivity (Wildman–Crippen MR) is 77.1 cm³/mol. The van der Waals surface area contributed by atoms with Crippen LogP contribution in [0.4, 0.5) is 4.79 Å². The van der Waals surface area contributed by atoms with Crippen LogP contribution in [0.2, 0.25) is 0 Å². The molecule has 116 valence electrons. The Morgan fingerprint density at radius 3 is 2.71 bits per heavy atom. The van der Waals surface area contributed by atoms with Gasteiger partial charge in [0.15, 0.2) is 0 Å². The number of rotatable bonds is 5. The van der Waals surface area contributed by atoms with E-state index in [1.807, 2.05) is 30.3 Å². The van der Waals surface area contributed by atoms with Crippen molar-refractivity contribution in [3.63, 3.8) is 0 Å². The van der Waals surface area contributed by atoms with Gasteiger partial charge in [-0.1, -0.05) is 30.3 Å². The first-order valence-corrected chi connectivity index (χ1v) is 8.56. The van der Waals surface area contributed by atoms with Crippen molar-refractivity contribution < 1.29 is 22.1 Å². The van der Waals surface area contributed by atoms with Gasteiger partial charge in [0.2, 0.25) is 0 Å². The smallest absolute Gasteiger partial charge is 0.410 e. The monoisotopic (exact) mass is 313 g/mol. The van der Waals surface area contributed by atoms with Crippen LogP contribution in [0.15, 0.2) is 30.3 Å². The lowest BCUT2D eigenvalue weighted by Gasteiger charge is -2.16. The molecule has 0 aromatic heterocycles. The molecule has 1 heterocycles. The Hall–Kier alpha value is -1.60. The lowest BCUT2D eigenvalue weighted by Crippen LogP contribution is -2.30. The summed E-state index contributed by atoms with van der Waals surface area (Å²) in [6.45, 7) is 1.37. The van der Waals surface area contributed by atoms with E-state index >= 15 is 0 Å². The van der Waals surface area contributed by atoms with Crippen LogP contribution < -0.4 is 0 Å². The van der Waals surface area contributed by atoms with Gasteiger partial charge in [-0.25, -0.2) is 4.79 Å². The number of likely N-dealkylation sites (tertiary alicyclic amines) is 1. The topological polar surface area (TPSA) is 72.9 Å². The van der Waals surface area contributed by atoms with E-state index < -0.39 is 10.1 Å². The van der Waals surface area contributed by atoms with E-state index in [1.54, 1.807) is 4.90 Å². The van der Waals surface area contributed by atoms with E-state index in [-0.39, 0.29) is 25.2 Å². The minimum Gasteiger partial charge on any atom is -0.445 e. The summed E-state index contributed by atoms with van der Waals surface area (Å²) in [6.07, 6.45) is 1.37. The van der Waals surface area contributed by atoms with Crippen LogP contribution >= 0.6 is 0 Å². The molecule has 0 aliphatic carbocycles. The van der Waals surface area contributed by atoms with Gasteiger partial charge in [-0.3, -0.25) is 4.18 Å². The van der Waals surface area contributed by atoms with Gasteiger partial charge >= 0.3 is 6.09 Å². The Morgan fingerprint density at radius 1 is 1.33 bits per heavy atom. The van der Waals surface area contributed by atoms with Crippen LogP contribution in [0.25, 0.3) is 0 Å². The summed E-state index contributed by atoms with van der Waals surface area (Å²) in [6, 6.07) is 9.45. The van der Waals surface area contributed by atoms with Crippen LogP contribution in [0.1, 0.15) is 12.0 Å². The number of benzene rings is 1. The van der Waals surface area contributed by atoms with E-state index in [9.17, 15) is 13.2 Å². The minimum atomic E-state index is -3.43. The number of hydrogen-bond acceptors (Lipinski definition) is 5. The van der Waals surface area contributed by atoms with Gasteiger partial charge < -0.3 is 9.64 Å². The fourth-order valence-corrected chi connectivity index (χ4v) is 2.60. The molecule has 1 amide bonds. The van der Waals surface area contributed by atoms with Crippen molar-refractivity contribution in [1.29, 1.82) is 0 Å². The molecule has 0 bridgehead atoms. The highest BCUT2D eigenvalue weighted by molar-refractivity contribution is 7.85. The number of nitrogens with zero attached hydrogens (tertiary/aromatic N) is 1. The molecule has 0 spiro atoms. The van der Waals surface area contributed by atoms with Crippen molar-refractivity contribution in [2.45, 2.75) is 13.0 Å². The third-order valence-electron chi connectivity index (χ3n) is 3.27. The van der Waals surface area contributed by atoms with E-state index in [2.05, 4.69) is 0 Å². The fraction of sp³-hybridized carbons (Fsp3) is 0.500. The average Bonchev–Trinajstić information content (AvgIpc) is 2.92. The predicted octanol–water partition coefficient (Wildman–Crippen LogP) is 1.62. The van der Waals surface area contributed by atoms with E-state index in [0.717, 1.165) is 18.2 Å². The van der Waals surface area contributed by atoms with Gasteiger partial charge in [-0.05, 0) is 12.0 Å². The lowest BCUT2D eigenvalue weighted by molar-refractivity contribution is 0.102. The Labute approximate surface area is 124 Å². The third-order valence-corrected chi connectivity index (χ3v) is 3.83. The minimum absolute atomic E-state index is 0.0315. The van der Waals surface area contributed by atoms with Crippen LogP contribution in [0.5, 0.6) is 0 Å². The third kappa shape index (κ3) is 5.35. The van der Waals surface area contributed by atoms with E-state index in [1.165, 1.54) is 0 Å². The Morgan fingerprint density at radius 2 is 2.05 bits per heavy atom. The molecular weight excluding hydrogens is 294 g/mol. The van der Waals surface area contributed by atoms with Gasteiger partial charge in [-0.15, -0.1) is 0 Å². The normalized spacial score (nSPS) is 18.7. The maximum Gasteiger partial charge on any atom is 0.410 e. The average molecular weight is 313 g/mol. The van der Waals surface area contributed by atoms with Crippen molar-refractivity contribution in [2.24, 2.45) is 5.92 Å². The van der Waals surface area contributed by atoms with E-state index in [0.29, 0.717) is 13.1 Å². The van der Waals surface area contributed by atoms with Crippen molar-refractivity contribution >= 4 is 16.2 Å². The number of amides is 1. The van der Waals surface area contributed by atoms with Gasteiger partial charge in [0.25, 0.3) is 10.1 Å². The van der Waals surface area contributed by atoms with Crippen molar-refractivity contribution in [3.05, 3.63) is 35.9 Å². The molecular formula is C14H19NO5S. The number of carbonyl (C=O) groups is 1. The van der Waals surface area contributed by atoms with Gasteiger partial charge in [0, 0.05) is 19.0 Å². The quantitative estimate of drug-likeness (QED) is 0.772. The van der Waals surface area contributed by atoms with Gasteiger partial charge in [-0.2, -0.15) is 8.42 Å². The Bertz CT molecular complexity index is 572. The molecule has 2 rings (SSSR count). The number of ether oxygens (including phenoxy) is 1. The first-order valence-electron chi connectivity index (χ1n) is 6.74. The summed E-state index contributed by atoms with van der Waals surface area (Å²) in [5.74, 6) is 0.0315. The van der Waals surface area contributed by atoms with E-state index in [4.69, 9.17) is 8.92 Å². The van der Waals surface area contributed by atoms with Crippen molar-refractivity contribution in [3.8, 4) is 0 Å². The van der Waals surface area contributed by atoms with Gasteiger partial charge in [0.1, 0.15) is 6.61 Å². The maximum atomic E-state index is 11.9. The van der Waals surface area contributed by atoms with Crippen LogP contribution in [0.3, 0.4) is 0 Å². The highest BCUT2D eigenvalue weighted by Gasteiger charge is 2.28. The number of carbonyl (C=O) groups excluding carboxylic acids is 1. The zero-order valence-corrected chi connectivity index (χ0v) is 12.7. The molecule has 0 radical (unpaired) electrons. The van der Waals surface area contributed by atoms with Crippen LogP contribution in [-0.2, 0) is 25.6 Å². The summed E-state index contributed by atoms with van der Waals surface area (Å²) in [5, 5.41) is 0. The first-order chi connectivity index (χ1) is 9.94. The molecule has 1 saturated heterocycles. The zero-order chi connectivity index (χ0) is 15.3. The molecule has 1 fully saturated rings. The molecule has 1 aromatic rings. The lowest BCUT2D eigenvalue weighted by atomic mass is 10.1. The molecule has 0 N–H and O–H groups in total. The fourth-order valence-electron chi connectivity index (χ4n) is 2.16. The molecule has 1 aromatic carbocycles. The molecule has 1 aliphatic rings.